The molecule has 0 aliphatic rings. The van der Waals surface area contributed by atoms with Crippen LogP contribution in [-0.2, 0) is 20.5 Å². The van der Waals surface area contributed by atoms with Crippen molar-refractivity contribution >= 4 is 13.6 Å². The molecule has 7 nitrogen and oxygen atoms in total. The van der Waals surface area contributed by atoms with Crippen LogP contribution in [0.5, 0.6) is 5.75 Å². The molecule has 1 aromatic carbocycles. The first-order valence-electron chi connectivity index (χ1n) is 5.92. The lowest BCUT2D eigenvalue weighted by Crippen LogP contribution is -2.30. The molecule has 20 heavy (non-hydrogen) atoms. The second-order valence-corrected chi connectivity index (χ2v) is 6.20. The molecule has 1 aromatic rings. The summed E-state index contributed by atoms with van der Waals surface area (Å²) in [5.74, 6) is -0.534. The number of benzene rings is 1. The molecule has 0 fully saturated rings. The van der Waals surface area contributed by atoms with Crippen LogP contribution in [0.1, 0.15) is 12.0 Å². The van der Waals surface area contributed by atoms with Gasteiger partial charge >= 0.3 is 13.6 Å². The van der Waals surface area contributed by atoms with Gasteiger partial charge in [-0.25, -0.2) is 0 Å². The van der Waals surface area contributed by atoms with Gasteiger partial charge in [-0.05, 0) is 24.1 Å². The highest BCUT2D eigenvalue weighted by molar-refractivity contribution is 7.52. The van der Waals surface area contributed by atoms with Crippen LogP contribution in [0.25, 0.3) is 0 Å². The second-order valence-electron chi connectivity index (χ2n) is 4.22. The van der Waals surface area contributed by atoms with E-state index in [-0.39, 0.29) is 19.2 Å². The van der Waals surface area contributed by atoms with Crippen LogP contribution in [-0.4, -0.2) is 35.3 Å². The third-order valence-corrected chi connectivity index (χ3v) is 3.99. The van der Waals surface area contributed by atoms with Gasteiger partial charge in [-0.2, -0.15) is 0 Å². The summed E-state index contributed by atoms with van der Waals surface area (Å²) in [4.78, 5) is 20.1. The van der Waals surface area contributed by atoms with Gasteiger partial charge in [-0.3, -0.25) is 9.36 Å². The molecule has 2 atom stereocenters. The third-order valence-electron chi connectivity index (χ3n) is 2.63. The maximum absolute atomic E-state index is 11.7. The Morgan fingerprint density at radius 3 is 2.50 bits per heavy atom. The standard InChI is InChI=1S/C12H18NO6P/c1-18-10-4-2-9(3-5-10)8-19-20(16,17)7-6-11(13)12(14)15/h2-5,11H,6-8,13H2,1H3,(H,14,15)(H,16,17). The van der Waals surface area contributed by atoms with Crippen LogP contribution >= 0.6 is 7.60 Å². The molecule has 0 saturated carbocycles. The van der Waals surface area contributed by atoms with Crippen LogP contribution in [0.15, 0.2) is 24.3 Å². The molecule has 0 saturated heterocycles. The molecular weight excluding hydrogens is 285 g/mol. The molecule has 2 unspecified atom stereocenters. The zero-order valence-electron chi connectivity index (χ0n) is 11.1. The third kappa shape index (κ3) is 5.71. The van der Waals surface area contributed by atoms with E-state index in [1.807, 2.05) is 0 Å². The Bertz CT molecular complexity index is 489. The molecule has 1 rings (SSSR count). The Morgan fingerprint density at radius 1 is 1.40 bits per heavy atom. The van der Waals surface area contributed by atoms with Gasteiger partial charge in [-0.1, -0.05) is 12.1 Å². The highest BCUT2D eigenvalue weighted by Crippen LogP contribution is 2.43. The number of rotatable bonds is 8. The van der Waals surface area contributed by atoms with Gasteiger partial charge in [0, 0.05) is 0 Å². The first-order chi connectivity index (χ1) is 9.34. The Labute approximate surface area is 116 Å². The highest BCUT2D eigenvalue weighted by Gasteiger charge is 2.23. The average Bonchev–Trinajstić information content (AvgIpc) is 2.43. The number of hydrogen-bond acceptors (Lipinski definition) is 5. The number of carboxylic acids is 1. The SMILES string of the molecule is COc1ccc(COP(=O)(O)CCC(N)C(=O)O)cc1. The first-order valence-corrected chi connectivity index (χ1v) is 7.68. The van der Waals surface area contributed by atoms with Crippen molar-refractivity contribution in [2.75, 3.05) is 13.3 Å². The lowest BCUT2D eigenvalue weighted by molar-refractivity contribution is -0.138. The molecule has 4 N–H and O–H groups in total. The van der Waals surface area contributed by atoms with Crippen molar-refractivity contribution in [1.82, 2.24) is 0 Å². The Morgan fingerprint density at radius 2 is 2.00 bits per heavy atom. The zero-order valence-corrected chi connectivity index (χ0v) is 12.0. The molecule has 0 spiro atoms. The van der Waals surface area contributed by atoms with Crippen molar-refractivity contribution in [3.05, 3.63) is 29.8 Å². The lowest BCUT2D eigenvalue weighted by atomic mass is 10.2. The van der Waals surface area contributed by atoms with Gasteiger partial charge in [0.2, 0.25) is 0 Å². The maximum Gasteiger partial charge on any atom is 0.328 e. The molecule has 0 radical (unpaired) electrons. The molecule has 8 heteroatoms. The van der Waals surface area contributed by atoms with E-state index in [2.05, 4.69) is 0 Å². The number of ether oxygens (including phenoxy) is 1. The minimum Gasteiger partial charge on any atom is -0.497 e. The molecular formula is C12H18NO6P. The van der Waals surface area contributed by atoms with Gasteiger partial charge in [0.15, 0.2) is 0 Å². The van der Waals surface area contributed by atoms with Crippen molar-refractivity contribution in [2.45, 2.75) is 19.1 Å². The summed E-state index contributed by atoms with van der Waals surface area (Å²) in [6, 6.07) is 5.67. The van der Waals surface area contributed by atoms with Crippen LogP contribution in [0, 0.1) is 0 Å². The van der Waals surface area contributed by atoms with Crippen LogP contribution in [0.3, 0.4) is 0 Å². The van der Waals surface area contributed by atoms with Crippen molar-refractivity contribution in [3.63, 3.8) is 0 Å². The fourth-order valence-electron chi connectivity index (χ4n) is 1.39. The van der Waals surface area contributed by atoms with Crippen molar-refractivity contribution in [2.24, 2.45) is 5.73 Å². The fraction of sp³-hybridized carbons (Fsp3) is 0.417. The number of carbonyl (C=O) groups is 1. The largest absolute Gasteiger partial charge is 0.497 e. The quantitative estimate of drug-likeness (QED) is 0.617. The van der Waals surface area contributed by atoms with Gasteiger partial charge < -0.3 is 25.0 Å². The molecule has 0 bridgehead atoms. The van der Waals surface area contributed by atoms with Crippen molar-refractivity contribution in [1.29, 1.82) is 0 Å². The van der Waals surface area contributed by atoms with Crippen LogP contribution < -0.4 is 10.5 Å². The molecule has 0 aliphatic heterocycles. The number of hydrogen-bond donors (Lipinski definition) is 3. The molecule has 112 valence electrons. The van der Waals surface area contributed by atoms with Crippen molar-refractivity contribution in [3.8, 4) is 5.75 Å². The summed E-state index contributed by atoms with van der Waals surface area (Å²) in [5.41, 5.74) is 5.97. The molecule has 0 amide bonds. The van der Waals surface area contributed by atoms with E-state index < -0.39 is 19.6 Å². The summed E-state index contributed by atoms with van der Waals surface area (Å²) in [5, 5.41) is 8.59. The predicted octanol–water partition coefficient (Wildman–Crippen LogP) is 1.20. The molecule has 0 aromatic heterocycles. The van der Waals surface area contributed by atoms with E-state index in [1.54, 1.807) is 31.4 Å². The fourth-order valence-corrected chi connectivity index (χ4v) is 2.47. The number of aliphatic carboxylic acids is 1. The lowest BCUT2D eigenvalue weighted by Gasteiger charge is -2.13. The molecule has 0 heterocycles. The van der Waals surface area contributed by atoms with Crippen LogP contribution in [0.4, 0.5) is 0 Å². The first kappa shape index (κ1) is 16.7. The smallest absolute Gasteiger partial charge is 0.328 e. The van der Waals surface area contributed by atoms with E-state index in [0.717, 1.165) is 0 Å². The van der Waals surface area contributed by atoms with E-state index in [0.29, 0.717) is 11.3 Å². The number of carboxylic acid groups (broad SMARTS) is 1. The van der Waals surface area contributed by atoms with E-state index in [4.69, 9.17) is 20.1 Å². The summed E-state index contributed by atoms with van der Waals surface area (Å²) in [6.07, 6.45) is -0.414. The molecule has 0 aliphatic carbocycles. The monoisotopic (exact) mass is 303 g/mol. The van der Waals surface area contributed by atoms with E-state index in [1.165, 1.54) is 0 Å². The average molecular weight is 303 g/mol. The Balaban J connectivity index is 2.45. The van der Waals surface area contributed by atoms with Crippen molar-refractivity contribution < 1.29 is 28.6 Å². The summed E-state index contributed by atoms with van der Waals surface area (Å²) in [6.45, 7) is -0.0416. The number of methoxy groups -OCH3 is 1. The summed E-state index contributed by atoms with van der Waals surface area (Å²) in [7, 11) is -2.30. The van der Waals surface area contributed by atoms with Crippen LogP contribution in [0.2, 0.25) is 0 Å². The van der Waals surface area contributed by atoms with Gasteiger partial charge in [-0.15, -0.1) is 0 Å². The second kappa shape index (κ2) is 7.40. The van der Waals surface area contributed by atoms with E-state index in [9.17, 15) is 14.3 Å². The summed E-state index contributed by atoms with van der Waals surface area (Å²) >= 11 is 0. The predicted molar refractivity (Wildman–Crippen MR) is 72.7 cm³/mol. The maximum atomic E-state index is 11.7. The van der Waals surface area contributed by atoms with Gasteiger partial charge in [0.1, 0.15) is 11.8 Å². The normalized spacial score (nSPS) is 15.3. The Kier molecular flexibility index (Phi) is 6.16. The Hall–Kier alpha value is -1.40. The highest BCUT2D eigenvalue weighted by atomic mass is 31.2. The summed E-state index contributed by atoms with van der Waals surface area (Å²) < 4.78 is 21.6. The number of nitrogens with two attached hydrogens (primary N) is 1. The minimum absolute atomic E-state index is 0.0416. The zero-order chi connectivity index (χ0) is 15.2. The van der Waals surface area contributed by atoms with Gasteiger partial charge in [0.25, 0.3) is 0 Å². The minimum atomic E-state index is -3.84. The topological polar surface area (TPSA) is 119 Å². The van der Waals surface area contributed by atoms with Gasteiger partial charge in [0.05, 0.1) is 19.9 Å². The van der Waals surface area contributed by atoms with E-state index >= 15 is 0 Å².